The van der Waals surface area contributed by atoms with Crippen molar-refractivity contribution in [1.82, 2.24) is 24.8 Å². The Bertz CT molecular complexity index is 1490. The number of halogens is 4. The smallest absolute Gasteiger partial charge is 0.417 e. The van der Waals surface area contributed by atoms with Gasteiger partial charge in [-0.25, -0.2) is 23.0 Å². The van der Waals surface area contributed by atoms with Crippen LogP contribution in [0.2, 0.25) is 5.02 Å². The molecule has 210 valence electrons. The van der Waals surface area contributed by atoms with Crippen LogP contribution < -0.4 is 20.5 Å². The van der Waals surface area contributed by atoms with Crippen molar-refractivity contribution in [2.75, 3.05) is 31.2 Å². The van der Waals surface area contributed by atoms with Crippen molar-refractivity contribution in [3.63, 3.8) is 0 Å². The Morgan fingerprint density at radius 2 is 1.95 bits per heavy atom. The number of likely N-dealkylation sites (tertiary alicyclic amines) is 1. The third-order valence-electron chi connectivity index (χ3n) is 5.98. The van der Waals surface area contributed by atoms with Crippen LogP contribution in [0.15, 0.2) is 35.2 Å². The molecule has 4 rings (SSSR count). The van der Waals surface area contributed by atoms with E-state index >= 15 is 0 Å². The van der Waals surface area contributed by atoms with E-state index in [1.807, 2.05) is 0 Å². The number of carbonyl (C=O) groups is 1. The summed E-state index contributed by atoms with van der Waals surface area (Å²) >= 11 is 6.32. The second-order valence-electron chi connectivity index (χ2n) is 8.58. The van der Waals surface area contributed by atoms with Crippen LogP contribution in [0.5, 0.6) is 5.75 Å². The van der Waals surface area contributed by atoms with E-state index in [0.717, 1.165) is 12.1 Å². The molecule has 1 aromatic heterocycles. The zero-order valence-electron chi connectivity index (χ0n) is 20.2. The van der Waals surface area contributed by atoms with Gasteiger partial charge in [-0.15, -0.1) is 5.10 Å². The number of amides is 1. The number of nitrogens with zero attached hydrogens (tertiary/aromatic N) is 3. The van der Waals surface area contributed by atoms with Gasteiger partial charge in [-0.05, 0) is 42.7 Å². The number of carboxylic acid groups (broad SMARTS) is 1. The van der Waals surface area contributed by atoms with E-state index in [0.29, 0.717) is 0 Å². The summed E-state index contributed by atoms with van der Waals surface area (Å²) in [6, 6.07) is 4.97. The molecule has 2 aromatic carbocycles. The summed E-state index contributed by atoms with van der Waals surface area (Å²) in [7, 11) is -3.06. The zero-order chi connectivity index (χ0) is 28.5. The Morgan fingerprint density at radius 1 is 1.26 bits per heavy atom. The van der Waals surface area contributed by atoms with Gasteiger partial charge in [0.05, 0.1) is 17.7 Å². The number of anilines is 3. The molecule has 0 atom stereocenters. The lowest BCUT2D eigenvalue weighted by Crippen LogP contribution is -2.46. The predicted octanol–water partition coefficient (Wildman–Crippen LogP) is 3.90. The second-order valence-corrected chi connectivity index (χ2v) is 10.7. The number of piperidine rings is 1. The standard InChI is InChI=1S/C22H23ClF3N7O5S/c1-38-16-3-2-11(8-17(16)39(36,37)32-12-4-6-33(7-5-12)21(34)35)18-14(22(24,25)26)9-13(10-15(18)23)28-20-29-19(27)30-31-20/h2-3,8-10,12,32H,4-7H2,1H3,(H,34,35)(H4,27,28,29,30,31). The number of hydrogen-bond acceptors (Lipinski definition) is 8. The summed E-state index contributed by atoms with van der Waals surface area (Å²) < 4.78 is 76.8. The number of nitrogens with one attached hydrogen (secondary N) is 3. The maximum absolute atomic E-state index is 14.2. The van der Waals surface area contributed by atoms with Gasteiger partial charge >= 0.3 is 12.3 Å². The van der Waals surface area contributed by atoms with Crippen molar-refractivity contribution < 1.29 is 36.2 Å². The van der Waals surface area contributed by atoms with Crippen LogP contribution in [0.4, 0.5) is 35.5 Å². The fraction of sp³-hybridized carbons (Fsp3) is 0.318. The first-order valence-corrected chi connectivity index (χ1v) is 13.2. The molecule has 12 nitrogen and oxygen atoms in total. The molecular weight excluding hydrogens is 567 g/mol. The van der Waals surface area contributed by atoms with Gasteiger partial charge < -0.3 is 25.8 Å². The number of rotatable bonds is 7. The molecule has 0 bridgehead atoms. The molecule has 1 aliphatic heterocycles. The summed E-state index contributed by atoms with van der Waals surface area (Å²) in [5.41, 5.74) is 3.66. The van der Waals surface area contributed by atoms with E-state index in [2.05, 4.69) is 25.2 Å². The number of methoxy groups -OCH3 is 1. The molecule has 1 aliphatic rings. The quantitative estimate of drug-likeness (QED) is 0.273. The third-order valence-corrected chi connectivity index (χ3v) is 7.82. The minimum Gasteiger partial charge on any atom is -0.495 e. The third kappa shape index (κ3) is 6.29. The average molecular weight is 590 g/mol. The predicted molar refractivity (Wildman–Crippen MR) is 135 cm³/mol. The van der Waals surface area contributed by atoms with E-state index in [1.54, 1.807) is 0 Å². The van der Waals surface area contributed by atoms with Crippen LogP contribution in [0.1, 0.15) is 18.4 Å². The number of alkyl halides is 3. The highest BCUT2D eigenvalue weighted by atomic mass is 35.5. The SMILES string of the molecule is COc1ccc(-c2c(Cl)cc(Nc3n[nH]c(N)n3)cc2C(F)(F)F)cc1S(=O)(=O)NC1CCN(C(=O)O)CC1. The molecule has 0 unspecified atom stereocenters. The zero-order valence-corrected chi connectivity index (χ0v) is 21.8. The van der Waals surface area contributed by atoms with Gasteiger partial charge in [0.25, 0.3) is 0 Å². The molecule has 1 fully saturated rings. The molecule has 2 heterocycles. The van der Waals surface area contributed by atoms with Crippen molar-refractivity contribution in [3.05, 3.63) is 40.9 Å². The first-order chi connectivity index (χ1) is 18.3. The molecular formula is C22H23ClF3N7O5S. The highest BCUT2D eigenvalue weighted by molar-refractivity contribution is 7.89. The number of hydrogen-bond donors (Lipinski definition) is 5. The van der Waals surface area contributed by atoms with Crippen LogP contribution in [0.3, 0.4) is 0 Å². The monoisotopic (exact) mass is 589 g/mol. The van der Waals surface area contributed by atoms with Crippen LogP contribution in [0, 0.1) is 0 Å². The molecule has 1 saturated heterocycles. The topological polar surface area (TPSA) is 176 Å². The van der Waals surface area contributed by atoms with E-state index in [-0.39, 0.29) is 59.9 Å². The maximum atomic E-state index is 14.2. The first-order valence-electron chi connectivity index (χ1n) is 11.3. The Labute approximate surface area is 225 Å². The first kappa shape index (κ1) is 28.3. The maximum Gasteiger partial charge on any atom is 0.417 e. The molecule has 17 heteroatoms. The fourth-order valence-corrected chi connectivity index (χ4v) is 6.00. The molecule has 39 heavy (non-hydrogen) atoms. The van der Waals surface area contributed by atoms with Crippen molar-refractivity contribution >= 4 is 45.3 Å². The highest BCUT2D eigenvalue weighted by Crippen LogP contribution is 2.44. The van der Waals surface area contributed by atoms with Gasteiger partial charge in [-0.2, -0.15) is 18.2 Å². The minimum absolute atomic E-state index is 0.0516. The van der Waals surface area contributed by atoms with Crippen LogP contribution in [-0.2, 0) is 16.2 Å². The summed E-state index contributed by atoms with van der Waals surface area (Å²) in [6.07, 6.45) is -5.52. The normalized spacial score (nSPS) is 14.8. The van der Waals surface area contributed by atoms with Gasteiger partial charge in [0.1, 0.15) is 10.6 Å². The van der Waals surface area contributed by atoms with Crippen molar-refractivity contribution in [2.45, 2.75) is 30.0 Å². The van der Waals surface area contributed by atoms with Crippen LogP contribution in [-0.4, -0.2) is 65.9 Å². The molecule has 0 spiro atoms. The molecule has 0 saturated carbocycles. The van der Waals surface area contributed by atoms with Crippen LogP contribution in [0.25, 0.3) is 11.1 Å². The summed E-state index contributed by atoms with van der Waals surface area (Å²) in [5, 5.41) is 17.4. The highest BCUT2D eigenvalue weighted by Gasteiger charge is 2.36. The van der Waals surface area contributed by atoms with E-state index in [1.165, 1.54) is 30.2 Å². The van der Waals surface area contributed by atoms with Crippen LogP contribution >= 0.6 is 11.6 Å². The number of sulfonamides is 1. The van der Waals surface area contributed by atoms with E-state index in [4.69, 9.17) is 27.2 Å². The van der Waals surface area contributed by atoms with Crippen molar-refractivity contribution in [3.8, 4) is 16.9 Å². The Morgan fingerprint density at radius 3 is 2.51 bits per heavy atom. The van der Waals surface area contributed by atoms with Gasteiger partial charge in [-0.1, -0.05) is 17.7 Å². The Balaban J connectivity index is 1.72. The lowest BCUT2D eigenvalue weighted by Gasteiger charge is -2.30. The minimum atomic E-state index is -4.87. The van der Waals surface area contributed by atoms with Crippen molar-refractivity contribution in [2.24, 2.45) is 0 Å². The Hall–Kier alpha value is -3.76. The average Bonchev–Trinajstić information content (AvgIpc) is 3.27. The molecule has 3 aromatic rings. The van der Waals surface area contributed by atoms with E-state index < -0.39 is 44.4 Å². The number of ether oxygens (including phenoxy) is 1. The van der Waals surface area contributed by atoms with E-state index in [9.17, 15) is 26.4 Å². The lowest BCUT2D eigenvalue weighted by molar-refractivity contribution is -0.137. The number of aromatic amines is 1. The Kier molecular flexibility index (Phi) is 7.81. The number of aromatic nitrogens is 3. The summed E-state index contributed by atoms with van der Waals surface area (Å²) in [5.74, 6) is -0.230. The van der Waals surface area contributed by atoms with Gasteiger partial charge in [0.2, 0.25) is 21.9 Å². The van der Waals surface area contributed by atoms with Crippen molar-refractivity contribution in [1.29, 1.82) is 0 Å². The number of benzene rings is 2. The van der Waals surface area contributed by atoms with Gasteiger partial charge in [0, 0.05) is 30.4 Å². The fourth-order valence-electron chi connectivity index (χ4n) is 4.17. The second kappa shape index (κ2) is 10.8. The number of nitrogens with two attached hydrogens (primary N) is 1. The van der Waals surface area contributed by atoms with Gasteiger partial charge in [0.15, 0.2) is 0 Å². The number of nitrogen functional groups attached to an aromatic ring is 1. The molecule has 6 N–H and O–H groups in total. The summed E-state index contributed by atoms with van der Waals surface area (Å²) in [4.78, 5) is 15.7. The molecule has 1 amide bonds. The van der Waals surface area contributed by atoms with Gasteiger partial charge in [-0.3, -0.25) is 0 Å². The largest absolute Gasteiger partial charge is 0.495 e. The lowest BCUT2D eigenvalue weighted by atomic mass is 9.98. The summed E-state index contributed by atoms with van der Waals surface area (Å²) in [6.45, 7) is 0.260. The molecule has 0 radical (unpaired) electrons. The molecule has 0 aliphatic carbocycles. The number of H-pyrrole nitrogens is 1.